The summed E-state index contributed by atoms with van der Waals surface area (Å²) < 4.78 is 70.4. The van der Waals surface area contributed by atoms with E-state index in [1.807, 2.05) is 0 Å². The Morgan fingerprint density at radius 1 is 0.556 bits per heavy atom. The van der Waals surface area contributed by atoms with E-state index in [-0.39, 0.29) is 29.5 Å². The maximum atomic E-state index is 14.4. The summed E-state index contributed by atoms with van der Waals surface area (Å²) in [4.78, 5) is 0. The molecular weight excluding hydrogens is 359 g/mol. The van der Waals surface area contributed by atoms with Crippen LogP contribution in [0.3, 0.4) is 0 Å². The fraction of sp³-hybridized carbons (Fsp3) is 0.182. The molecule has 0 radical (unpaired) electrons. The Morgan fingerprint density at radius 2 is 1.00 bits per heavy atom. The topological polar surface area (TPSA) is 0 Å². The van der Waals surface area contributed by atoms with Crippen molar-refractivity contribution in [3.05, 3.63) is 105 Å². The second-order valence-electron chi connectivity index (χ2n) is 6.68. The number of aryl methyl sites for hydroxylation is 2. The van der Waals surface area contributed by atoms with Crippen LogP contribution in [-0.2, 0) is 12.8 Å². The zero-order valence-corrected chi connectivity index (χ0v) is 14.8. The lowest BCUT2D eigenvalue weighted by molar-refractivity contribution is 0.549. The fourth-order valence-electron chi connectivity index (χ4n) is 2.98. The number of halogens is 5. The van der Waals surface area contributed by atoms with Gasteiger partial charge in [0.25, 0.3) is 0 Å². The second-order valence-corrected chi connectivity index (χ2v) is 6.68. The average Bonchev–Trinajstić information content (AvgIpc) is 2.57. The van der Waals surface area contributed by atoms with Crippen molar-refractivity contribution in [2.45, 2.75) is 26.7 Å². The predicted molar refractivity (Wildman–Crippen MR) is 94.2 cm³/mol. The summed E-state index contributed by atoms with van der Waals surface area (Å²) in [5.41, 5.74) is 0.952. The van der Waals surface area contributed by atoms with Crippen LogP contribution in [0.2, 0.25) is 0 Å². The molecule has 5 heteroatoms. The van der Waals surface area contributed by atoms with Crippen LogP contribution in [0, 0.1) is 42.9 Å². The predicted octanol–water partition coefficient (Wildman–Crippen LogP) is 6.18. The molecule has 0 nitrogen and oxygen atoms in total. The monoisotopic (exact) mass is 376 g/mol. The first kappa shape index (κ1) is 19.1. The molecule has 0 spiro atoms. The molecule has 3 aromatic carbocycles. The van der Waals surface area contributed by atoms with Gasteiger partial charge in [-0.05, 0) is 66.4 Å². The van der Waals surface area contributed by atoms with E-state index in [4.69, 9.17) is 0 Å². The molecule has 0 amide bonds. The lowest BCUT2D eigenvalue weighted by Crippen LogP contribution is -2.03. The van der Waals surface area contributed by atoms with Gasteiger partial charge in [-0.2, -0.15) is 0 Å². The minimum atomic E-state index is -0.834. The van der Waals surface area contributed by atoms with Gasteiger partial charge in [0.05, 0.1) is 0 Å². The van der Waals surface area contributed by atoms with Gasteiger partial charge in [0.1, 0.15) is 29.1 Å². The molecule has 3 aromatic rings. The Balaban J connectivity index is 1.90. The number of hydrogen-bond donors (Lipinski definition) is 0. The fourth-order valence-corrected chi connectivity index (χ4v) is 2.98. The van der Waals surface area contributed by atoms with Gasteiger partial charge in [0.2, 0.25) is 0 Å². The van der Waals surface area contributed by atoms with Crippen LogP contribution in [-0.4, -0.2) is 0 Å². The van der Waals surface area contributed by atoms with E-state index >= 15 is 0 Å². The van der Waals surface area contributed by atoms with E-state index < -0.39 is 29.1 Å². The van der Waals surface area contributed by atoms with Gasteiger partial charge in [-0.15, -0.1) is 0 Å². The standard InChI is InChI=1S/C22H17F5/c1-12-5-19(24)17(20(25)6-12)8-15-10-21(26)16(22(27)11-15)7-14-4-3-13(2)18(23)9-14/h3-6,9-11H,7-8H2,1-2H3. The molecule has 0 N–H and O–H groups in total. The van der Waals surface area contributed by atoms with Crippen LogP contribution in [0.4, 0.5) is 22.0 Å². The van der Waals surface area contributed by atoms with Crippen LogP contribution >= 0.6 is 0 Å². The van der Waals surface area contributed by atoms with E-state index in [0.717, 1.165) is 12.1 Å². The number of benzene rings is 3. The van der Waals surface area contributed by atoms with Gasteiger partial charge < -0.3 is 0 Å². The molecule has 0 bridgehead atoms. The molecule has 0 aliphatic carbocycles. The van der Waals surface area contributed by atoms with E-state index in [0.29, 0.717) is 16.7 Å². The van der Waals surface area contributed by atoms with E-state index in [9.17, 15) is 22.0 Å². The number of rotatable bonds is 4. The van der Waals surface area contributed by atoms with E-state index in [1.54, 1.807) is 19.9 Å². The van der Waals surface area contributed by atoms with Crippen molar-refractivity contribution in [1.29, 1.82) is 0 Å². The largest absolute Gasteiger partial charge is 0.207 e. The van der Waals surface area contributed by atoms with Crippen molar-refractivity contribution < 1.29 is 22.0 Å². The van der Waals surface area contributed by atoms with Crippen LogP contribution < -0.4 is 0 Å². The van der Waals surface area contributed by atoms with E-state index in [1.165, 1.54) is 24.3 Å². The first-order valence-electron chi connectivity index (χ1n) is 8.41. The highest BCUT2D eigenvalue weighted by atomic mass is 19.1. The summed E-state index contributed by atoms with van der Waals surface area (Å²) >= 11 is 0. The van der Waals surface area contributed by atoms with Gasteiger partial charge in [0, 0.05) is 24.0 Å². The Morgan fingerprint density at radius 3 is 1.52 bits per heavy atom. The molecule has 0 saturated heterocycles. The molecule has 0 aliphatic rings. The average molecular weight is 376 g/mol. The molecule has 0 atom stereocenters. The summed E-state index contributed by atoms with van der Waals surface area (Å²) in [5.74, 6) is -3.63. The molecule has 0 aromatic heterocycles. The van der Waals surface area contributed by atoms with Gasteiger partial charge >= 0.3 is 0 Å². The maximum Gasteiger partial charge on any atom is 0.129 e. The lowest BCUT2D eigenvalue weighted by Gasteiger charge is -2.11. The van der Waals surface area contributed by atoms with Crippen molar-refractivity contribution >= 4 is 0 Å². The van der Waals surface area contributed by atoms with Gasteiger partial charge in [-0.3, -0.25) is 0 Å². The summed E-state index contributed by atoms with van der Waals surface area (Å²) in [6.07, 6.45) is -0.395. The Bertz CT molecular complexity index is 962. The van der Waals surface area contributed by atoms with Crippen molar-refractivity contribution in [3.63, 3.8) is 0 Å². The summed E-state index contributed by atoms with van der Waals surface area (Å²) in [6.45, 7) is 3.15. The molecule has 0 saturated carbocycles. The normalized spacial score (nSPS) is 11.1. The molecule has 0 fully saturated rings. The summed E-state index contributed by atoms with van der Waals surface area (Å²) in [5, 5.41) is 0. The first-order valence-corrected chi connectivity index (χ1v) is 8.41. The Hall–Kier alpha value is -2.69. The molecule has 3 rings (SSSR count). The summed E-state index contributed by atoms with van der Waals surface area (Å²) in [6, 6.07) is 8.83. The van der Waals surface area contributed by atoms with Gasteiger partial charge in [-0.25, -0.2) is 22.0 Å². The van der Waals surface area contributed by atoms with Crippen LogP contribution in [0.5, 0.6) is 0 Å². The second kappa shape index (κ2) is 7.51. The highest BCUT2D eigenvalue weighted by Gasteiger charge is 2.16. The quantitative estimate of drug-likeness (QED) is 0.477. The van der Waals surface area contributed by atoms with Crippen LogP contribution in [0.1, 0.15) is 33.4 Å². The number of hydrogen-bond acceptors (Lipinski definition) is 0. The van der Waals surface area contributed by atoms with Gasteiger partial charge in [0.15, 0.2) is 0 Å². The minimum absolute atomic E-state index is 0.116. The van der Waals surface area contributed by atoms with Crippen molar-refractivity contribution in [3.8, 4) is 0 Å². The zero-order chi connectivity index (χ0) is 19.7. The Labute approximate surface area is 154 Å². The van der Waals surface area contributed by atoms with Crippen LogP contribution in [0.25, 0.3) is 0 Å². The maximum absolute atomic E-state index is 14.4. The summed E-state index contributed by atoms with van der Waals surface area (Å²) in [7, 11) is 0. The highest BCUT2D eigenvalue weighted by Crippen LogP contribution is 2.24. The first-order chi connectivity index (χ1) is 12.7. The SMILES string of the molecule is Cc1cc(F)c(Cc2cc(F)c(Cc3ccc(C)c(F)c3)c(F)c2)c(F)c1. The van der Waals surface area contributed by atoms with Crippen LogP contribution in [0.15, 0.2) is 42.5 Å². The third-order valence-electron chi connectivity index (χ3n) is 4.48. The highest BCUT2D eigenvalue weighted by molar-refractivity contribution is 5.36. The molecule has 0 aliphatic heterocycles. The van der Waals surface area contributed by atoms with Gasteiger partial charge in [-0.1, -0.05) is 12.1 Å². The third kappa shape index (κ3) is 4.18. The van der Waals surface area contributed by atoms with Crippen molar-refractivity contribution in [2.24, 2.45) is 0 Å². The molecule has 140 valence electrons. The molecular formula is C22H17F5. The molecule has 0 unspecified atom stereocenters. The third-order valence-corrected chi connectivity index (χ3v) is 4.48. The Kier molecular flexibility index (Phi) is 5.31. The van der Waals surface area contributed by atoms with E-state index in [2.05, 4.69) is 0 Å². The molecule has 27 heavy (non-hydrogen) atoms. The zero-order valence-electron chi connectivity index (χ0n) is 14.8. The smallest absolute Gasteiger partial charge is 0.129 e. The molecule has 0 heterocycles. The van der Waals surface area contributed by atoms with Crippen molar-refractivity contribution in [2.75, 3.05) is 0 Å². The lowest BCUT2D eigenvalue weighted by atomic mass is 9.97. The minimum Gasteiger partial charge on any atom is -0.207 e. The van der Waals surface area contributed by atoms with Crippen molar-refractivity contribution in [1.82, 2.24) is 0 Å².